The van der Waals surface area contributed by atoms with Gasteiger partial charge in [0.15, 0.2) is 28.9 Å². The zero-order valence-corrected chi connectivity index (χ0v) is 22.2. The lowest BCUT2D eigenvalue weighted by Gasteiger charge is -2.42. The number of alkyl halides is 1. The summed E-state index contributed by atoms with van der Waals surface area (Å²) in [5, 5.41) is 7.43. The fraction of sp³-hybridized carbons (Fsp3) is 0.526. The van der Waals surface area contributed by atoms with Gasteiger partial charge >= 0.3 is 6.80 Å². The van der Waals surface area contributed by atoms with E-state index in [2.05, 4.69) is 47.5 Å². The van der Waals surface area contributed by atoms with Crippen LogP contribution in [-0.2, 0) is 32.6 Å². The first kappa shape index (κ1) is 25.4. The van der Waals surface area contributed by atoms with Gasteiger partial charge in [0.1, 0.15) is 35.9 Å². The van der Waals surface area contributed by atoms with Crippen LogP contribution in [0.3, 0.4) is 0 Å². The molecule has 8 rings (SSSR count). The van der Waals surface area contributed by atoms with Gasteiger partial charge < -0.3 is 30.4 Å². The lowest BCUT2D eigenvalue weighted by Crippen LogP contribution is -2.53. The number of hydrogen-bond donors (Lipinski definition) is 4. The molecule has 3 aliphatic heterocycles. The van der Waals surface area contributed by atoms with Gasteiger partial charge in [-0.3, -0.25) is 23.4 Å². The molecule has 3 unspecified atom stereocenters. The van der Waals surface area contributed by atoms with Crippen LogP contribution in [-0.4, -0.2) is 88.2 Å². The fourth-order valence-electron chi connectivity index (χ4n) is 5.94. The van der Waals surface area contributed by atoms with Crippen molar-refractivity contribution in [2.75, 3.05) is 31.5 Å². The minimum Gasteiger partial charge on any atom is -0.382 e. The van der Waals surface area contributed by atoms with E-state index in [1.165, 1.54) is 12.7 Å². The maximum absolute atomic E-state index is 15.5. The van der Waals surface area contributed by atoms with Crippen molar-refractivity contribution >= 4 is 53.1 Å². The van der Waals surface area contributed by atoms with E-state index in [1.807, 2.05) is 0 Å². The summed E-state index contributed by atoms with van der Waals surface area (Å²) in [6.45, 7) is -5.23. The number of aromatic amines is 1. The highest BCUT2D eigenvalue weighted by Crippen LogP contribution is 2.78. The maximum atomic E-state index is 15.5. The van der Waals surface area contributed by atoms with Crippen LogP contribution in [0.15, 0.2) is 17.4 Å². The van der Waals surface area contributed by atoms with E-state index >= 15 is 4.39 Å². The van der Waals surface area contributed by atoms with Crippen molar-refractivity contribution in [3.05, 3.63) is 23.0 Å². The second-order valence-corrected chi connectivity index (χ2v) is 12.7. The normalized spacial score (nSPS) is 38.5. The Bertz CT molecular complexity index is 1840. The molecule has 8 atom stereocenters. The number of ether oxygens (including phenoxy) is 4. The largest absolute Gasteiger partial charge is 0.388 e. The van der Waals surface area contributed by atoms with E-state index in [4.69, 9.17) is 39.5 Å². The minimum absolute atomic E-state index is 0.0333. The SMILES string of the molecule is Nc1nc2c(nnn2[C@@H]2OCOCC34O[C@@H]5[C@H]3C4(COP(=O)(S)O[C@@H]2F)O[C@H]5n2cnc3c(N)ncnc32)c(=O)[nH]1. The third-order valence-electron chi connectivity index (χ3n) is 7.72. The summed E-state index contributed by atoms with van der Waals surface area (Å²) < 4.78 is 65.6. The molecule has 3 saturated heterocycles. The second kappa shape index (κ2) is 8.38. The van der Waals surface area contributed by atoms with Gasteiger partial charge in [-0.25, -0.2) is 23.9 Å². The van der Waals surface area contributed by atoms with Crippen molar-refractivity contribution in [1.82, 2.24) is 44.5 Å². The molecular weight excluding hydrogens is 592 g/mol. The van der Waals surface area contributed by atoms with Gasteiger partial charge in [-0.15, -0.1) is 5.10 Å². The molecule has 0 aromatic carbocycles. The first-order valence-electron chi connectivity index (χ1n) is 12.0. The number of imidazole rings is 1. The summed E-state index contributed by atoms with van der Waals surface area (Å²) in [5.41, 5.74) is 9.13. The highest BCUT2D eigenvalue weighted by molar-refractivity contribution is 8.44. The van der Waals surface area contributed by atoms with E-state index in [1.54, 1.807) is 4.57 Å². The topological polar surface area (TPSA) is 245 Å². The molecule has 5 N–H and O–H groups in total. The zero-order valence-electron chi connectivity index (χ0n) is 20.4. The molecule has 7 heterocycles. The zero-order chi connectivity index (χ0) is 28.3. The molecule has 22 heteroatoms. The molecule has 216 valence electrons. The molecule has 0 amide bonds. The van der Waals surface area contributed by atoms with Crippen LogP contribution in [0.1, 0.15) is 12.5 Å². The first-order valence-corrected chi connectivity index (χ1v) is 14.7. The third kappa shape index (κ3) is 3.42. The Morgan fingerprint density at radius 3 is 2.80 bits per heavy atom. The van der Waals surface area contributed by atoms with Crippen molar-refractivity contribution in [2.24, 2.45) is 5.92 Å². The van der Waals surface area contributed by atoms with Crippen molar-refractivity contribution in [3.8, 4) is 0 Å². The number of nitrogens with one attached hydrogen (secondary N) is 1. The molecule has 19 nitrogen and oxygen atoms in total. The second-order valence-electron chi connectivity index (χ2n) is 9.81. The Kier molecular flexibility index (Phi) is 5.20. The highest BCUT2D eigenvalue weighted by Gasteiger charge is 2.95. The minimum atomic E-state index is -4.38. The third-order valence-corrected chi connectivity index (χ3v) is 9.27. The maximum Gasteiger partial charge on any atom is 0.388 e. The Hall–Kier alpha value is -3.30. The van der Waals surface area contributed by atoms with Crippen LogP contribution < -0.4 is 17.0 Å². The Labute approximate surface area is 231 Å². The Morgan fingerprint density at radius 2 is 1.95 bits per heavy atom. The van der Waals surface area contributed by atoms with E-state index in [-0.39, 0.29) is 42.1 Å². The van der Waals surface area contributed by atoms with E-state index in [0.29, 0.717) is 11.2 Å². The Morgan fingerprint density at radius 1 is 1.12 bits per heavy atom. The number of hydrogen-bond acceptors (Lipinski definition) is 16. The quantitative estimate of drug-likeness (QED) is 0.164. The highest BCUT2D eigenvalue weighted by atomic mass is 32.7. The number of aromatic nitrogens is 9. The van der Waals surface area contributed by atoms with Crippen molar-refractivity contribution in [3.63, 3.8) is 0 Å². The van der Waals surface area contributed by atoms with Gasteiger partial charge in [0.25, 0.3) is 11.9 Å². The van der Waals surface area contributed by atoms with Crippen LogP contribution >= 0.6 is 19.0 Å². The summed E-state index contributed by atoms with van der Waals surface area (Å²) in [5.74, 6) is -0.311. The molecule has 4 aromatic heterocycles. The predicted molar refractivity (Wildman–Crippen MR) is 134 cm³/mol. The fourth-order valence-corrected chi connectivity index (χ4v) is 7.16. The van der Waals surface area contributed by atoms with Gasteiger partial charge in [0, 0.05) is 0 Å². The number of anilines is 2. The number of thiol groups is 1. The van der Waals surface area contributed by atoms with Crippen molar-refractivity contribution in [1.29, 1.82) is 0 Å². The van der Waals surface area contributed by atoms with E-state index in [9.17, 15) is 9.36 Å². The number of halogens is 1. The average molecular weight is 611 g/mol. The number of nitrogens with zero attached hydrogens (tertiary/aromatic N) is 8. The standard InChI is InChI=1S/C19H19FN11O8PS/c20-10-16(31-13-7(28-29-31)14(32)27-17(22)26-13)35-5-34-1-18-9-8(37-18)15(38-19(9,18)2-36-40(33,41)39-10)30-4-25-6-11(21)23-3-24-12(6)30/h3-4,8-10,15-16H,1-2,5H2,(H,33,41)(H2,21,23,24)(H3,22,26,27,32)/t8-,9-,10+,15-,16-,18?,19?,40?/m1/s1. The van der Waals surface area contributed by atoms with Gasteiger partial charge in [-0.1, -0.05) is 17.5 Å². The van der Waals surface area contributed by atoms with Gasteiger partial charge in [-0.05, 0) is 0 Å². The number of nitrogen functional groups attached to an aromatic ring is 2. The summed E-state index contributed by atoms with van der Waals surface area (Å²) in [6, 6.07) is 0. The average Bonchev–Trinajstić information content (AvgIpc) is 3.41. The first-order chi connectivity index (χ1) is 19.6. The van der Waals surface area contributed by atoms with Crippen LogP contribution in [0.2, 0.25) is 0 Å². The molecule has 0 radical (unpaired) electrons. The molecule has 4 aromatic rings. The lowest BCUT2D eigenvalue weighted by atomic mass is 10.0. The number of nitrogens with two attached hydrogens (primary N) is 2. The summed E-state index contributed by atoms with van der Waals surface area (Å²) in [7, 11) is 0. The van der Waals surface area contributed by atoms with Gasteiger partial charge in [0.2, 0.25) is 12.2 Å². The molecule has 2 spiro atoms. The number of fused-ring (bicyclic) bond motifs is 2. The van der Waals surface area contributed by atoms with Crippen molar-refractivity contribution < 1.29 is 37.0 Å². The molecule has 1 saturated carbocycles. The monoisotopic (exact) mass is 611 g/mol. The van der Waals surface area contributed by atoms with Crippen LogP contribution in [0, 0.1) is 5.92 Å². The summed E-state index contributed by atoms with van der Waals surface area (Å²) in [4.78, 5) is 30.8. The molecule has 41 heavy (non-hydrogen) atoms. The molecule has 4 fully saturated rings. The predicted octanol–water partition coefficient (Wildman–Crippen LogP) is -0.577. The molecule has 4 aliphatic rings. The van der Waals surface area contributed by atoms with E-state index < -0.39 is 55.3 Å². The van der Waals surface area contributed by atoms with Crippen molar-refractivity contribution in [2.45, 2.75) is 36.1 Å². The van der Waals surface area contributed by atoms with Gasteiger partial charge in [-0.2, -0.15) is 9.67 Å². The Balaban J connectivity index is 1.07. The summed E-state index contributed by atoms with van der Waals surface area (Å²) >= 11 is 3.96. The van der Waals surface area contributed by atoms with Gasteiger partial charge in [0.05, 0.1) is 25.5 Å². The molecular formula is C19H19FN11O8PS. The number of rotatable bonds is 2. The van der Waals surface area contributed by atoms with Crippen LogP contribution in [0.4, 0.5) is 16.2 Å². The molecule has 0 bridgehead atoms. The van der Waals surface area contributed by atoms with E-state index in [0.717, 1.165) is 4.68 Å². The summed E-state index contributed by atoms with van der Waals surface area (Å²) in [6.07, 6.45) is -2.56. The van der Waals surface area contributed by atoms with Crippen LogP contribution in [0.25, 0.3) is 22.3 Å². The van der Waals surface area contributed by atoms with Crippen LogP contribution in [0.5, 0.6) is 0 Å². The number of H-pyrrole nitrogens is 1. The molecule has 1 aliphatic carbocycles. The lowest BCUT2D eigenvalue weighted by molar-refractivity contribution is -0.282. The smallest absolute Gasteiger partial charge is 0.382 e.